The highest BCUT2D eigenvalue weighted by molar-refractivity contribution is 5.77. The van der Waals surface area contributed by atoms with Crippen LogP contribution in [0.4, 0.5) is 0 Å². The van der Waals surface area contributed by atoms with E-state index in [0.717, 1.165) is 5.56 Å². The molecule has 0 spiro atoms. The van der Waals surface area contributed by atoms with Gasteiger partial charge in [0.05, 0.1) is 11.5 Å². The van der Waals surface area contributed by atoms with E-state index in [1.807, 2.05) is 30.3 Å². The van der Waals surface area contributed by atoms with E-state index in [0.29, 0.717) is 16.8 Å². The van der Waals surface area contributed by atoms with E-state index < -0.39 is 23.4 Å². The van der Waals surface area contributed by atoms with Crippen LogP contribution in [0, 0.1) is 5.92 Å². The van der Waals surface area contributed by atoms with Gasteiger partial charge in [-0.25, -0.2) is 0 Å². The minimum atomic E-state index is -1.40. The normalized spacial score (nSPS) is 23.8. The second kappa shape index (κ2) is 7.09. The Morgan fingerprint density at radius 1 is 1.25 bits per heavy atom. The smallest absolute Gasteiger partial charge is 0.313 e. The fraction of sp³-hybridized carbons (Fsp3) is 0.286. The maximum absolute atomic E-state index is 13.1. The van der Waals surface area contributed by atoms with Crippen molar-refractivity contribution in [2.75, 3.05) is 0 Å². The quantitative estimate of drug-likeness (QED) is 0.600. The second-order valence-corrected chi connectivity index (χ2v) is 7.34. The minimum Gasteiger partial charge on any atom is -0.460 e. The number of nitrogens with one attached hydrogen (secondary N) is 2. The van der Waals surface area contributed by atoms with Gasteiger partial charge in [-0.1, -0.05) is 36.4 Å². The molecule has 0 bridgehead atoms. The van der Waals surface area contributed by atoms with Crippen molar-refractivity contribution in [1.82, 2.24) is 15.2 Å². The lowest BCUT2D eigenvalue weighted by atomic mass is 9.66. The maximum Gasteiger partial charge on any atom is 0.313 e. The van der Waals surface area contributed by atoms with Crippen molar-refractivity contribution in [1.29, 1.82) is 0 Å². The van der Waals surface area contributed by atoms with Crippen LogP contribution in [0.15, 0.2) is 59.7 Å². The first-order valence-electron chi connectivity index (χ1n) is 9.09. The van der Waals surface area contributed by atoms with Gasteiger partial charge in [0.15, 0.2) is 0 Å². The van der Waals surface area contributed by atoms with Gasteiger partial charge in [0.2, 0.25) is 0 Å². The first-order chi connectivity index (χ1) is 13.5. The molecular formula is C21H21N3O4. The summed E-state index contributed by atoms with van der Waals surface area (Å²) in [5.41, 5.74) is 0.865. The highest BCUT2D eigenvalue weighted by Crippen LogP contribution is 2.44. The summed E-state index contributed by atoms with van der Waals surface area (Å²) in [7, 11) is 0. The summed E-state index contributed by atoms with van der Waals surface area (Å²) in [5.74, 6) is -2.15. The van der Waals surface area contributed by atoms with Crippen LogP contribution in [0.3, 0.4) is 0 Å². The van der Waals surface area contributed by atoms with Crippen molar-refractivity contribution in [3.05, 3.63) is 87.6 Å². The van der Waals surface area contributed by atoms with Crippen molar-refractivity contribution in [3.63, 3.8) is 0 Å². The summed E-state index contributed by atoms with van der Waals surface area (Å²) in [6.07, 6.45) is 3.37. The fourth-order valence-corrected chi connectivity index (χ4v) is 3.99. The average molecular weight is 379 g/mol. The maximum atomic E-state index is 13.1. The zero-order valence-electron chi connectivity index (χ0n) is 15.4. The van der Waals surface area contributed by atoms with Gasteiger partial charge in [0, 0.05) is 36.0 Å². The number of nitrogens with zero attached hydrogens (tertiary/aromatic N) is 1. The Balaban J connectivity index is 1.73. The summed E-state index contributed by atoms with van der Waals surface area (Å²) in [6, 6.07) is 12.9. The Morgan fingerprint density at radius 3 is 2.75 bits per heavy atom. The van der Waals surface area contributed by atoms with Crippen LogP contribution >= 0.6 is 0 Å². The third kappa shape index (κ3) is 3.25. The Hall–Kier alpha value is -3.19. The van der Waals surface area contributed by atoms with Gasteiger partial charge in [0.1, 0.15) is 6.61 Å². The molecular weight excluding hydrogens is 358 g/mol. The molecule has 28 heavy (non-hydrogen) atoms. The minimum absolute atomic E-state index is 0.0996. The molecule has 1 aliphatic carbocycles. The van der Waals surface area contributed by atoms with Crippen LogP contribution in [-0.4, -0.2) is 31.9 Å². The van der Waals surface area contributed by atoms with Crippen molar-refractivity contribution in [2.24, 2.45) is 5.92 Å². The molecule has 0 unspecified atom stereocenters. The number of ether oxygens (including phenoxy) is 1. The molecule has 3 aromatic rings. The molecule has 0 aliphatic heterocycles. The number of aliphatic hydroxyl groups is 1. The molecule has 0 saturated heterocycles. The summed E-state index contributed by atoms with van der Waals surface area (Å²) < 4.78 is 5.54. The monoisotopic (exact) mass is 379 g/mol. The molecule has 2 heterocycles. The van der Waals surface area contributed by atoms with Gasteiger partial charge in [-0.15, -0.1) is 0 Å². The fourth-order valence-electron chi connectivity index (χ4n) is 3.99. The SMILES string of the molecule is C[C@@]1(O)Cc2[nH][nH]c(=O)c2[C@@H](c2cccnc2)[C@@H]1C(=O)OCc1ccccc1. The predicted molar refractivity (Wildman–Crippen MR) is 102 cm³/mol. The predicted octanol–water partition coefficient (Wildman–Crippen LogP) is 1.90. The van der Waals surface area contributed by atoms with Crippen molar-refractivity contribution >= 4 is 5.97 Å². The summed E-state index contributed by atoms with van der Waals surface area (Å²) in [4.78, 5) is 29.7. The molecule has 1 aromatic carbocycles. The Morgan fingerprint density at radius 2 is 2.04 bits per heavy atom. The summed E-state index contributed by atoms with van der Waals surface area (Å²) in [5, 5.41) is 16.5. The van der Waals surface area contributed by atoms with Gasteiger partial charge in [-0.3, -0.25) is 19.7 Å². The van der Waals surface area contributed by atoms with Crippen LogP contribution in [0.2, 0.25) is 0 Å². The van der Waals surface area contributed by atoms with E-state index in [-0.39, 0.29) is 18.6 Å². The summed E-state index contributed by atoms with van der Waals surface area (Å²) in [6.45, 7) is 1.70. The van der Waals surface area contributed by atoms with Gasteiger partial charge < -0.3 is 14.9 Å². The van der Waals surface area contributed by atoms with E-state index >= 15 is 0 Å². The highest BCUT2D eigenvalue weighted by atomic mass is 16.5. The molecule has 3 N–H and O–H groups in total. The molecule has 0 radical (unpaired) electrons. The van der Waals surface area contributed by atoms with Crippen molar-refractivity contribution in [2.45, 2.75) is 31.5 Å². The molecule has 1 aliphatic rings. The Bertz CT molecular complexity index is 1020. The first kappa shape index (κ1) is 18.2. The van der Waals surface area contributed by atoms with E-state index in [9.17, 15) is 14.7 Å². The molecule has 7 nitrogen and oxygen atoms in total. The first-order valence-corrected chi connectivity index (χ1v) is 9.09. The number of carbonyl (C=O) groups is 1. The standard InChI is InChI=1S/C21H21N3O4/c1-21(27)10-15-17(19(25)24-23-15)16(14-8-5-9-22-11-14)18(21)20(26)28-12-13-6-3-2-4-7-13/h2-9,11,16,18,27H,10,12H2,1H3,(H2,23,24,25)/t16-,18-,21-/m1/s1. The van der Waals surface area contributed by atoms with Gasteiger partial charge >= 0.3 is 5.97 Å². The number of hydrogen-bond donors (Lipinski definition) is 3. The second-order valence-electron chi connectivity index (χ2n) is 7.34. The summed E-state index contributed by atoms with van der Waals surface area (Å²) >= 11 is 0. The Kier molecular flexibility index (Phi) is 4.60. The van der Waals surface area contributed by atoms with Crippen molar-refractivity contribution < 1.29 is 14.6 Å². The number of esters is 1. The number of pyridine rings is 1. The molecule has 2 aromatic heterocycles. The number of H-pyrrole nitrogens is 2. The van der Waals surface area contributed by atoms with Crippen LogP contribution in [0.5, 0.6) is 0 Å². The van der Waals surface area contributed by atoms with Gasteiger partial charge in [-0.2, -0.15) is 0 Å². The third-order valence-corrected chi connectivity index (χ3v) is 5.27. The number of aromatic amines is 2. The lowest BCUT2D eigenvalue weighted by molar-refractivity contribution is -0.161. The van der Waals surface area contributed by atoms with Gasteiger partial charge in [0.25, 0.3) is 5.56 Å². The zero-order chi connectivity index (χ0) is 19.7. The average Bonchev–Trinajstić information content (AvgIpc) is 3.05. The molecule has 144 valence electrons. The van der Waals surface area contributed by atoms with E-state index in [2.05, 4.69) is 15.2 Å². The number of hydrogen-bond acceptors (Lipinski definition) is 5. The lowest BCUT2D eigenvalue weighted by Crippen LogP contribution is -2.50. The van der Waals surface area contributed by atoms with Crippen LogP contribution < -0.4 is 5.56 Å². The molecule has 4 rings (SSSR count). The van der Waals surface area contributed by atoms with Gasteiger partial charge in [-0.05, 0) is 24.1 Å². The molecule has 7 heteroatoms. The van der Waals surface area contributed by atoms with Crippen LogP contribution in [0.25, 0.3) is 0 Å². The number of carbonyl (C=O) groups excluding carboxylic acids is 1. The topological polar surface area (TPSA) is 108 Å². The van der Waals surface area contributed by atoms with Crippen LogP contribution in [-0.2, 0) is 22.6 Å². The molecule has 0 saturated carbocycles. The van der Waals surface area contributed by atoms with E-state index in [1.54, 1.807) is 31.5 Å². The van der Waals surface area contributed by atoms with E-state index in [4.69, 9.17) is 4.74 Å². The third-order valence-electron chi connectivity index (χ3n) is 5.27. The number of aromatic nitrogens is 3. The highest BCUT2D eigenvalue weighted by Gasteiger charge is 2.51. The molecule has 3 atom stereocenters. The Labute approximate surface area is 161 Å². The number of fused-ring (bicyclic) bond motifs is 1. The number of rotatable bonds is 4. The molecule has 0 fully saturated rings. The van der Waals surface area contributed by atoms with Crippen molar-refractivity contribution in [3.8, 4) is 0 Å². The lowest BCUT2D eigenvalue weighted by Gasteiger charge is -2.40. The zero-order valence-corrected chi connectivity index (χ0v) is 15.4. The largest absolute Gasteiger partial charge is 0.460 e. The van der Waals surface area contributed by atoms with E-state index in [1.165, 1.54) is 0 Å². The molecule has 0 amide bonds. The van der Waals surface area contributed by atoms with Crippen LogP contribution in [0.1, 0.15) is 35.2 Å². The number of benzene rings is 1.